The summed E-state index contributed by atoms with van der Waals surface area (Å²) in [6.45, 7) is 3.29. The molecule has 2 aromatic carbocycles. The zero-order chi connectivity index (χ0) is 28.8. The van der Waals surface area contributed by atoms with Crippen LogP contribution in [0.25, 0.3) is 5.95 Å². The van der Waals surface area contributed by atoms with E-state index in [1.54, 1.807) is 36.5 Å². The van der Waals surface area contributed by atoms with Crippen molar-refractivity contribution < 1.29 is 9.53 Å². The van der Waals surface area contributed by atoms with Gasteiger partial charge in [0.05, 0.1) is 23.2 Å². The van der Waals surface area contributed by atoms with E-state index >= 15 is 0 Å². The van der Waals surface area contributed by atoms with Crippen molar-refractivity contribution in [2.24, 2.45) is 0 Å². The molecule has 214 valence electrons. The summed E-state index contributed by atoms with van der Waals surface area (Å²) in [6.07, 6.45) is 6.06. The number of aromatic nitrogens is 4. The summed E-state index contributed by atoms with van der Waals surface area (Å²) >= 11 is 18.8. The van der Waals surface area contributed by atoms with Gasteiger partial charge in [-0.1, -0.05) is 53.0 Å². The lowest BCUT2D eigenvalue weighted by Gasteiger charge is -2.42. The lowest BCUT2D eigenvalue weighted by molar-refractivity contribution is -0.121. The molecule has 5 rings (SSSR count). The Labute approximate surface area is 254 Å². The van der Waals surface area contributed by atoms with E-state index in [1.165, 1.54) is 0 Å². The minimum absolute atomic E-state index is 0.0279. The first-order valence-electron chi connectivity index (χ1n) is 13.2. The molecule has 3 heterocycles. The Morgan fingerprint density at radius 2 is 1.83 bits per heavy atom. The van der Waals surface area contributed by atoms with Gasteiger partial charge in [0.2, 0.25) is 11.9 Å². The molecular weight excluding hydrogens is 585 g/mol. The van der Waals surface area contributed by atoms with E-state index in [2.05, 4.69) is 25.1 Å². The highest BCUT2D eigenvalue weighted by Crippen LogP contribution is 2.27. The topological polar surface area (TPSA) is 88.4 Å². The third-order valence-electron chi connectivity index (χ3n) is 6.97. The number of nitrogens with zero attached hydrogens (tertiary/aromatic N) is 6. The predicted octanol–water partition coefficient (Wildman–Crippen LogP) is 5.07. The maximum atomic E-state index is 13.2. The monoisotopic (exact) mass is 613 g/mol. The number of nitrogens with one attached hydrogen (secondary N) is 1. The van der Waals surface area contributed by atoms with Crippen molar-refractivity contribution in [1.82, 2.24) is 29.7 Å². The standard InChI is InChI=1S/C29H30Cl3N7O2/c1-41-23-5-2-20(3-6-23)8-9-34-28(40)15-22-18-37(17-21-4-7-24(30)25(31)14-21)12-13-39(22)27-16-26(32)35-29(36-27)38-11-10-33-19-38/h2-7,10-11,14,16,19,22H,8-9,12-13,15,17-18H2,1H3,(H,34,40). The van der Waals surface area contributed by atoms with Crippen LogP contribution in [0.1, 0.15) is 17.5 Å². The number of benzene rings is 2. The van der Waals surface area contributed by atoms with Crippen molar-refractivity contribution in [1.29, 1.82) is 0 Å². The van der Waals surface area contributed by atoms with Crippen LogP contribution >= 0.6 is 34.8 Å². The highest BCUT2D eigenvalue weighted by atomic mass is 35.5. The maximum Gasteiger partial charge on any atom is 0.238 e. The molecule has 1 saturated heterocycles. The predicted molar refractivity (Wildman–Crippen MR) is 161 cm³/mol. The Balaban J connectivity index is 1.30. The number of halogens is 3. The molecule has 1 atom stereocenters. The highest BCUT2D eigenvalue weighted by Gasteiger charge is 2.30. The lowest BCUT2D eigenvalue weighted by atomic mass is 10.1. The molecule has 1 aliphatic rings. The van der Waals surface area contributed by atoms with Crippen LogP contribution in [0.15, 0.2) is 67.3 Å². The van der Waals surface area contributed by atoms with Gasteiger partial charge in [0, 0.05) is 57.6 Å². The number of imidazole rings is 1. The number of amides is 1. The zero-order valence-electron chi connectivity index (χ0n) is 22.5. The number of hydrogen-bond donors (Lipinski definition) is 1. The Bertz CT molecular complexity index is 1470. The Hall–Kier alpha value is -3.37. The SMILES string of the molecule is COc1ccc(CCNC(=O)CC2CN(Cc3ccc(Cl)c(Cl)c3)CCN2c2cc(Cl)nc(-n3ccnc3)n2)cc1. The van der Waals surface area contributed by atoms with Gasteiger partial charge in [-0.3, -0.25) is 14.3 Å². The van der Waals surface area contributed by atoms with Gasteiger partial charge >= 0.3 is 0 Å². The Morgan fingerprint density at radius 3 is 2.56 bits per heavy atom. The van der Waals surface area contributed by atoms with Gasteiger partial charge in [-0.15, -0.1) is 0 Å². The van der Waals surface area contributed by atoms with Crippen LogP contribution in [-0.4, -0.2) is 69.7 Å². The molecule has 0 aliphatic carbocycles. The van der Waals surface area contributed by atoms with E-state index < -0.39 is 0 Å². The molecule has 41 heavy (non-hydrogen) atoms. The quantitative estimate of drug-likeness (QED) is 0.250. The van der Waals surface area contributed by atoms with E-state index in [4.69, 9.17) is 44.5 Å². The van der Waals surface area contributed by atoms with Gasteiger partial charge in [-0.2, -0.15) is 4.98 Å². The van der Waals surface area contributed by atoms with E-state index in [0.29, 0.717) is 59.6 Å². The highest BCUT2D eigenvalue weighted by molar-refractivity contribution is 6.42. The zero-order valence-corrected chi connectivity index (χ0v) is 24.8. The number of piperazine rings is 1. The maximum absolute atomic E-state index is 13.2. The first kappa shape index (κ1) is 29.1. The van der Waals surface area contributed by atoms with Crippen molar-refractivity contribution in [2.45, 2.75) is 25.4 Å². The Kier molecular flexibility index (Phi) is 9.61. The normalized spacial score (nSPS) is 15.6. The number of hydrogen-bond acceptors (Lipinski definition) is 7. The first-order valence-corrected chi connectivity index (χ1v) is 14.4. The molecule has 0 bridgehead atoms. The molecular formula is C29H30Cl3N7O2. The molecule has 1 amide bonds. The number of anilines is 1. The first-order chi connectivity index (χ1) is 19.9. The number of carbonyl (C=O) groups is 1. The summed E-state index contributed by atoms with van der Waals surface area (Å²) in [5.41, 5.74) is 2.18. The van der Waals surface area contributed by atoms with Crippen molar-refractivity contribution in [3.8, 4) is 11.7 Å². The smallest absolute Gasteiger partial charge is 0.238 e. The van der Waals surface area contributed by atoms with Gasteiger partial charge < -0.3 is 15.0 Å². The fourth-order valence-electron chi connectivity index (χ4n) is 4.89. The summed E-state index contributed by atoms with van der Waals surface area (Å²) in [5.74, 6) is 1.87. The molecule has 1 N–H and O–H groups in total. The number of carbonyl (C=O) groups excluding carboxylic acids is 1. The molecule has 2 aromatic heterocycles. The van der Waals surface area contributed by atoms with Crippen LogP contribution in [0.3, 0.4) is 0 Å². The van der Waals surface area contributed by atoms with Crippen molar-refractivity contribution >= 4 is 46.5 Å². The van der Waals surface area contributed by atoms with Crippen LogP contribution < -0.4 is 15.0 Å². The average molecular weight is 615 g/mol. The number of rotatable bonds is 10. The summed E-state index contributed by atoms with van der Waals surface area (Å²) in [7, 11) is 1.64. The van der Waals surface area contributed by atoms with Gasteiger partial charge in [-0.25, -0.2) is 9.97 Å². The average Bonchev–Trinajstić information content (AvgIpc) is 3.51. The Morgan fingerprint density at radius 1 is 1.02 bits per heavy atom. The molecule has 4 aromatic rings. The van der Waals surface area contributed by atoms with Gasteiger partial charge in [-0.05, 0) is 41.8 Å². The summed E-state index contributed by atoms with van der Waals surface area (Å²) < 4.78 is 6.93. The molecule has 0 radical (unpaired) electrons. The van der Waals surface area contributed by atoms with Gasteiger partial charge in [0.25, 0.3) is 0 Å². The van der Waals surface area contributed by atoms with Crippen molar-refractivity contribution in [2.75, 3.05) is 38.2 Å². The summed E-state index contributed by atoms with van der Waals surface area (Å²) in [5, 5.41) is 4.46. The molecule has 0 spiro atoms. The van der Waals surface area contributed by atoms with Crippen LogP contribution in [0.2, 0.25) is 15.2 Å². The minimum Gasteiger partial charge on any atom is -0.497 e. The lowest BCUT2D eigenvalue weighted by Crippen LogP contribution is -2.54. The van der Waals surface area contributed by atoms with E-state index in [9.17, 15) is 4.79 Å². The number of methoxy groups -OCH3 is 1. The van der Waals surface area contributed by atoms with Gasteiger partial charge in [0.15, 0.2) is 0 Å². The van der Waals surface area contributed by atoms with Crippen molar-refractivity contribution in [3.05, 3.63) is 93.6 Å². The van der Waals surface area contributed by atoms with E-state index in [0.717, 1.165) is 29.8 Å². The second kappa shape index (κ2) is 13.5. The van der Waals surface area contributed by atoms with Crippen LogP contribution in [0.5, 0.6) is 5.75 Å². The second-order valence-corrected chi connectivity index (χ2v) is 11.0. The molecule has 12 heteroatoms. The van der Waals surface area contributed by atoms with E-state index in [-0.39, 0.29) is 11.9 Å². The molecule has 1 unspecified atom stereocenters. The van der Waals surface area contributed by atoms with Crippen LogP contribution in [0.4, 0.5) is 5.82 Å². The van der Waals surface area contributed by atoms with E-state index in [1.807, 2.05) is 42.5 Å². The summed E-state index contributed by atoms with van der Waals surface area (Å²) in [4.78, 5) is 30.8. The van der Waals surface area contributed by atoms with Crippen molar-refractivity contribution in [3.63, 3.8) is 0 Å². The third kappa shape index (κ3) is 7.68. The fraction of sp³-hybridized carbons (Fsp3) is 0.310. The largest absolute Gasteiger partial charge is 0.497 e. The third-order valence-corrected chi connectivity index (χ3v) is 7.90. The molecule has 1 fully saturated rings. The fourth-order valence-corrected chi connectivity index (χ4v) is 5.39. The summed E-state index contributed by atoms with van der Waals surface area (Å²) in [6, 6.07) is 15.1. The van der Waals surface area contributed by atoms with Crippen LogP contribution in [0, 0.1) is 0 Å². The minimum atomic E-state index is -0.144. The molecule has 0 saturated carbocycles. The van der Waals surface area contributed by atoms with Crippen LogP contribution in [-0.2, 0) is 17.8 Å². The number of ether oxygens (including phenoxy) is 1. The molecule has 1 aliphatic heterocycles. The van der Waals surface area contributed by atoms with Gasteiger partial charge in [0.1, 0.15) is 23.0 Å². The molecule has 9 nitrogen and oxygen atoms in total. The second-order valence-electron chi connectivity index (χ2n) is 9.80.